The molecule has 1 aromatic heterocycles. The van der Waals surface area contributed by atoms with E-state index in [0.717, 1.165) is 35.2 Å². The van der Waals surface area contributed by atoms with Crippen LogP contribution in [0.1, 0.15) is 19.8 Å². The molecule has 3 rings (SSSR count). The SMILES string of the molecule is COc1cc(NC(C)CCCNc2c(OC)c(=O)c2=O)c2ncccc2c1. The largest absolute Gasteiger partial charge is 0.497 e. The molecule has 2 N–H and O–H groups in total. The fourth-order valence-electron chi connectivity index (χ4n) is 3.08. The second-order valence-corrected chi connectivity index (χ2v) is 6.43. The van der Waals surface area contributed by atoms with E-state index in [4.69, 9.17) is 9.47 Å². The molecule has 3 aromatic rings. The first-order valence-corrected chi connectivity index (χ1v) is 8.85. The van der Waals surface area contributed by atoms with Crippen molar-refractivity contribution in [1.82, 2.24) is 4.98 Å². The summed E-state index contributed by atoms with van der Waals surface area (Å²) in [5.74, 6) is 0.902. The van der Waals surface area contributed by atoms with Gasteiger partial charge in [0.15, 0.2) is 5.75 Å². The molecule has 27 heavy (non-hydrogen) atoms. The molecule has 7 heteroatoms. The Labute approximate surface area is 157 Å². The lowest BCUT2D eigenvalue weighted by Gasteiger charge is -2.18. The standard InChI is InChI=1S/C20H23N3O4/c1-12(6-4-8-22-17-18(24)19(25)20(17)27-3)23-15-11-14(26-2)10-13-7-5-9-21-16(13)15/h5,7,9-12,22-23H,4,6,8H2,1-3H3. The molecule has 0 radical (unpaired) electrons. The van der Waals surface area contributed by atoms with Crippen molar-refractivity contribution in [3.8, 4) is 11.5 Å². The summed E-state index contributed by atoms with van der Waals surface area (Å²) in [6, 6.07) is 8.00. The Kier molecular flexibility index (Phi) is 5.59. The number of nitrogens with one attached hydrogen (secondary N) is 2. The molecule has 1 heterocycles. The summed E-state index contributed by atoms with van der Waals surface area (Å²) in [5, 5.41) is 7.49. The number of hydrogen-bond donors (Lipinski definition) is 2. The van der Waals surface area contributed by atoms with Gasteiger partial charge in [-0.15, -0.1) is 0 Å². The van der Waals surface area contributed by atoms with E-state index < -0.39 is 10.9 Å². The van der Waals surface area contributed by atoms with Crippen molar-refractivity contribution < 1.29 is 9.47 Å². The number of methoxy groups -OCH3 is 2. The molecule has 1 atom stereocenters. The molecule has 0 amide bonds. The van der Waals surface area contributed by atoms with Crippen molar-refractivity contribution in [2.24, 2.45) is 0 Å². The lowest BCUT2D eigenvalue weighted by atomic mass is 10.1. The molecule has 0 aliphatic carbocycles. The molecule has 0 saturated heterocycles. The van der Waals surface area contributed by atoms with Gasteiger partial charge in [0.2, 0.25) is 0 Å². The zero-order valence-corrected chi connectivity index (χ0v) is 15.7. The second kappa shape index (κ2) is 8.07. The number of hydrogen-bond acceptors (Lipinski definition) is 7. The summed E-state index contributed by atoms with van der Waals surface area (Å²) in [6.07, 6.45) is 3.47. The van der Waals surface area contributed by atoms with Crippen LogP contribution in [0.3, 0.4) is 0 Å². The van der Waals surface area contributed by atoms with Crippen molar-refractivity contribution >= 4 is 22.3 Å². The van der Waals surface area contributed by atoms with Gasteiger partial charge in [0.05, 0.1) is 25.4 Å². The molecule has 0 fully saturated rings. The smallest absolute Gasteiger partial charge is 0.271 e. The molecular formula is C20H23N3O4. The molecule has 0 aliphatic heterocycles. The van der Waals surface area contributed by atoms with Crippen LogP contribution in [0.25, 0.3) is 10.9 Å². The third-order valence-electron chi connectivity index (χ3n) is 4.50. The minimum Gasteiger partial charge on any atom is -0.497 e. The van der Waals surface area contributed by atoms with Gasteiger partial charge in [-0.25, -0.2) is 0 Å². The van der Waals surface area contributed by atoms with Gasteiger partial charge < -0.3 is 20.1 Å². The number of fused-ring (bicyclic) bond motifs is 1. The predicted octanol–water partition coefficient (Wildman–Crippen LogP) is 2.54. The van der Waals surface area contributed by atoms with Crippen molar-refractivity contribution in [1.29, 1.82) is 0 Å². The Bertz CT molecular complexity index is 1010. The average molecular weight is 369 g/mol. The van der Waals surface area contributed by atoms with Crippen molar-refractivity contribution in [2.45, 2.75) is 25.8 Å². The Morgan fingerprint density at radius 1 is 1.15 bits per heavy atom. The van der Waals surface area contributed by atoms with E-state index in [1.54, 1.807) is 13.3 Å². The van der Waals surface area contributed by atoms with E-state index >= 15 is 0 Å². The number of anilines is 2. The van der Waals surface area contributed by atoms with Crippen LogP contribution in [0.15, 0.2) is 40.1 Å². The van der Waals surface area contributed by atoms with E-state index in [9.17, 15) is 9.59 Å². The first-order valence-electron chi connectivity index (χ1n) is 8.85. The van der Waals surface area contributed by atoms with Crippen LogP contribution in [-0.4, -0.2) is 31.8 Å². The van der Waals surface area contributed by atoms with E-state index in [1.807, 2.05) is 24.3 Å². The van der Waals surface area contributed by atoms with E-state index in [-0.39, 0.29) is 17.5 Å². The van der Waals surface area contributed by atoms with Crippen LogP contribution >= 0.6 is 0 Å². The first kappa shape index (κ1) is 18.7. The lowest BCUT2D eigenvalue weighted by molar-refractivity contribution is 0.407. The van der Waals surface area contributed by atoms with Crippen LogP contribution in [0, 0.1) is 0 Å². The Morgan fingerprint density at radius 3 is 2.70 bits per heavy atom. The number of aromatic nitrogens is 1. The van der Waals surface area contributed by atoms with Crippen LogP contribution in [0.5, 0.6) is 11.5 Å². The van der Waals surface area contributed by atoms with Gasteiger partial charge in [-0.3, -0.25) is 14.6 Å². The molecule has 0 saturated carbocycles. The van der Waals surface area contributed by atoms with Crippen molar-refractivity contribution in [2.75, 3.05) is 31.4 Å². The maximum Gasteiger partial charge on any atom is 0.271 e. The van der Waals surface area contributed by atoms with Crippen LogP contribution < -0.4 is 31.0 Å². The van der Waals surface area contributed by atoms with Crippen molar-refractivity contribution in [3.05, 3.63) is 50.9 Å². The van der Waals surface area contributed by atoms with E-state index in [2.05, 4.69) is 22.5 Å². The Balaban J connectivity index is 1.57. The fourth-order valence-corrected chi connectivity index (χ4v) is 3.08. The molecule has 0 bridgehead atoms. The molecule has 2 aromatic carbocycles. The van der Waals surface area contributed by atoms with Crippen LogP contribution in [-0.2, 0) is 0 Å². The predicted molar refractivity (Wildman–Crippen MR) is 107 cm³/mol. The Morgan fingerprint density at radius 2 is 1.96 bits per heavy atom. The molecule has 7 nitrogen and oxygen atoms in total. The van der Waals surface area contributed by atoms with Gasteiger partial charge in [-0.05, 0) is 31.9 Å². The minimum atomic E-state index is -0.563. The Hall–Kier alpha value is -3.09. The second-order valence-electron chi connectivity index (χ2n) is 6.43. The average Bonchev–Trinajstić information content (AvgIpc) is 2.69. The zero-order valence-electron chi connectivity index (χ0n) is 15.7. The molecular weight excluding hydrogens is 346 g/mol. The highest BCUT2D eigenvalue weighted by Crippen LogP contribution is 2.28. The number of ether oxygens (including phenoxy) is 2. The monoisotopic (exact) mass is 369 g/mol. The summed E-state index contributed by atoms with van der Waals surface area (Å²) in [5.41, 5.74) is 1.04. The molecule has 1 unspecified atom stereocenters. The minimum absolute atomic E-state index is 0.125. The van der Waals surface area contributed by atoms with Gasteiger partial charge in [-0.2, -0.15) is 0 Å². The quantitative estimate of drug-likeness (QED) is 0.442. The van der Waals surface area contributed by atoms with Gasteiger partial charge in [0, 0.05) is 30.2 Å². The topological polar surface area (TPSA) is 89.5 Å². The lowest BCUT2D eigenvalue weighted by Crippen LogP contribution is -2.35. The third kappa shape index (κ3) is 3.86. The molecule has 0 spiro atoms. The normalized spacial score (nSPS) is 12.1. The summed E-state index contributed by atoms with van der Waals surface area (Å²) in [6.45, 7) is 2.68. The zero-order chi connectivity index (χ0) is 19.4. The summed E-state index contributed by atoms with van der Waals surface area (Å²) in [4.78, 5) is 27.3. The fraction of sp³-hybridized carbons (Fsp3) is 0.350. The number of benzene rings is 1. The highest BCUT2D eigenvalue weighted by atomic mass is 16.5. The highest BCUT2D eigenvalue weighted by molar-refractivity contribution is 5.91. The van der Waals surface area contributed by atoms with Gasteiger partial charge >= 0.3 is 0 Å². The maximum absolute atomic E-state index is 11.5. The maximum atomic E-state index is 11.5. The summed E-state index contributed by atoms with van der Waals surface area (Å²) < 4.78 is 10.3. The number of rotatable bonds is 9. The van der Waals surface area contributed by atoms with Gasteiger partial charge in [-0.1, -0.05) is 6.07 Å². The summed E-state index contributed by atoms with van der Waals surface area (Å²) >= 11 is 0. The highest BCUT2D eigenvalue weighted by Gasteiger charge is 2.21. The van der Waals surface area contributed by atoms with Crippen LogP contribution in [0.4, 0.5) is 11.4 Å². The van der Waals surface area contributed by atoms with E-state index in [1.165, 1.54) is 7.11 Å². The number of nitrogens with zero attached hydrogens (tertiary/aromatic N) is 1. The third-order valence-corrected chi connectivity index (χ3v) is 4.50. The number of pyridine rings is 1. The van der Waals surface area contributed by atoms with Crippen LogP contribution in [0.2, 0.25) is 0 Å². The molecule has 0 aliphatic rings. The first-order chi connectivity index (χ1) is 13.0. The van der Waals surface area contributed by atoms with Crippen molar-refractivity contribution in [3.63, 3.8) is 0 Å². The van der Waals surface area contributed by atoms with E-state index in [0.29, 0.717) is 6.54 Å². The van der Waals surface area contributed by atoms with Gasteiger partial charge in [0.25, 0.3) is 10.9 Å². The summed E-state index contributed by atoms with van der Waals surface area (Å²) in [7, 11) is 3.03. The van der Waals surface area contributed by atoms with Gasteiger partial charge in [0.1, 0.15) is 11.4 Å². The molecule has 142 valence electrons.